The lowest BCUT2D eigenvalue weighted by Gasteiger charge is -1.97. The third-order valence-corrected chi connectivity index (χ3v) is 2.30. The van der Waals surface area contributed by atoms with E-state index in [1.165, 1.54) is 0 Å². The summed E-state index contributed by atoms with van der Waals surface area (Å²) in [7, 11) is 0. The van der Waals surface area contributed by atoms with Gasteiger partial charge in [-0.3, -0.25) is 0 Å². The minimum Gasteiger partial charge on any atom is -0.464 e. The molecule has 0 aromatic heterocycles. The van der Waals surface area contributed by atoms with Crippen LogP contribution >= 0.6 is 0 Å². The van der Waals surface area contributed by atoms with Crippen molar-refractivity contribution in [2.45, 2.75) is 51.7 Å². The first-order valence-electron chi connectivity index (χ1n) is 5.48. The molecule has 15 heavy (non-hydrogen) atoms. The number of rotatable bonds is 4. The molecule has 0 radical (unpaired) electrons. The monoisotopic (exact) mass is 210 g/mol. The van der Waals surface area contributed by atoms with E-state index >= 15 is 0 Å². The van der Waals surface area contributed by atoms with Crippen LogP contribution in [0.25, 0.3) is 0 Å². The fraction of sp³-hybridized carbons (Fsp3) is 0.750. The molecule has 1 heterocycles. The summed E-state index contributed by atoms with van der Waals surface area (Å²) in [6.45, 7) is 6.12. The van der Waals surface area contributed by atoms with E-state index in [9.17, 15) is 4.79 Å². The molecule has 3 nitrogen and oxygen atoms in total. The number of carbonyl (C=O) groups excluding carboxylic acids is 1. The van der Waals surface area contributed by atoms with Gasteiger partial charge in [0.05, 0.1) is 6.61 Å². The average Bonchev–Trinajstić information content (AvgIpc) is 2.87. The Hall–Kier alpha value is -1.01. The normalized spacial score (nSPS) is 27.8. The van der Waals surface area contributed by atoms with Crippen molar-refractivity contribution in [3.8, 4) is 11.8 Å². The summed E-state index contributed by atoms with van der Waals surface area (Å²) in [5.74, 6) is 5.72. The number of epoxide rings is 1. The number of hydrogen-bond donors (Lipinski definition) is 0. The summed E-state index contributed by atoms with van der Waals surface area (Å²) in [5, 5.41) is 0. The van der Waals surface area contributed by atoms with E-state index in [1.807, 2.05) is 6.92 Å². The van der Waals surface area contributed by atoms with Crippen LogP contribution in [0.1, 0.15) is 40.0 Å². The minimum absolute atomic E-state index is 0.301. The van der Waals surface area contributed by atoms with Crippen LogP contribution in [0.4, 0.5) is 0 Å². The number of esters is 1. The Bertz CT molecular complexity index is 287. The minimum atomic E-state index is -0.597. The van der Waals surface area contributed by atoms with Gasteiger partial charge in [-0.05, 0) is 20.3 Å². The highest BCUT2D eigenvalue weighted by atomic mass is 16.7. The van der Waals surface area contributed by atoms with Gasteiger partial charge in [0.2, 0.25) is 0 Å². The highest BCUT2D eigenvalue weighted by molar-refractivity contribution is 5.80. The molecule has 0 bridgehead atoms. The van der Waals surface area contributed by atoms with Crippen molar-refractivity contribution >= 4 is 5.97 Å². The Balaban J connectivity index is 2.37. The van der Waals surface area contributed by atoms with Crippen molar-refractivity contribution in [2.24, 2.45) is 0 Å². The zero-order chi connectivity index (χ0) is 11.3. The highest BCUT2D eigenvalue weighted by Crippen LogP contribution is 2.36. The Morgan fingerprint density at radius 1 is 1.53 bits per heavy atom. The molecule has 0 N–H and O–H groups in total. The van der Waals surface area contributed by atoms with Crippen molar-refractivity contribution in [2.75, 3.05) is 6.61 Å². The van der Waals surface area contributed by atoms with E-state index in [-0.39, 0.29) is 5.97 Å². The van der Waals surface area contributed by atoms with E-state index in [0.29, 0.717) is 6.61 Å². The predicted octanol–water partition coefficient (Wildman–Crippen LogP) is 1.90. The van der Waals surface area contributed by atoms with Gasteiger partial charge in [-0.15, -0.1) is 5.92 Å². The van der Waals surface area contributed by atoms with Crippen molar-refractivity contribution in [1.82, 2.24) is 0 Å². The molecule has 0 aromatic carbocycles. The van der Waals surface area contributed by atoms with Crippen molar-refractivity contribution in [3.63, 3.8) is 0 Å². The first kappa shape index (κ1) is 12.1. The predicted molar refractivity (Wildman–Crippen MR) is 57.2 cm³/mol. The molecule has 1 aliphatic rings. The first-order chi connectivity index (χ1) is 7.14. The summed E-state index contributed by atoms with van der Waals surface area (Å²) in [4.78, 5) is 11.3. The van der Waals surface area contributed by atoms with Gasteiger partial charge < -0.3 is 9.47 Å². The molecule has 3 heteroatoms. The van der Waals surface area contributed by atoms with Crippen LogP contribution in [-0.2, 0) is 14.3 Å². The lowest BCUT2D eigenvalue weighted by atomic mass is 10.1. The molecular formula is C12H18O3. The third-order valence-electron chi connectivity index (χ3n) is 2.30. The maximum Gasteiger partial charge on any atom is 0.339 e. The zero-order valence-electron chi connectivity index (χ0n) is 9.63. The summed E-state index contributed by atoms with van der Waals surface area (Å²) in [5.41, 5.74) is -0.597. The fourth-order valence-corrected chi connectivity index (χ4v) is 1.30. The van der Waals surface area contributed by atoms with Gasteiger partial charge in [-0.2, -0.15) is 0 Å². The largest absolute Gasteiger partial charge is 0.464 e. The van der Waals surface area contributed by atoms with E-state index in [1.54, 1.807) is 6.92 Å². The van der Waals surface area contributed by atoms with Crippen LogP contribution in [-0.4, -0.2) is 24.3 Å². The smallest absolute Gasteiger partial charge is 0.339 e. The number of ether oxygens (including phenoxy) is 2. The van der Waals surface area contributed by atoms with Gasteiger partial charge in [-0.1, -0.05) is 19.3 Å². The molecule has 2 atom stereocenters. The van der Waals surface area contributed by atoms with Gasteiger partial charge >= 0.3 is 5.97 Å². The Morgan fingerprint density at radius 2 is 2.27 bits per heavy atom. The third kappa shape index (κ3) is 3.24. The summed E-state index contributed by atoms with van der Waals surface area (Å²) in [6.07, 6.45) is 2.61. The molecule has 0 amide bonds. The molecule has 0 saturated carbocycles. The lowest BCUT2D eigenvalue weighted by molar-refractivity contribution is -0.144. The number of hydrogen-bond acceptors (Lipinski definition) is 3. The van der Waals surface area contributed by atoms with Crippen molar-refractivity contribution in [3.05, 3.63) is 0 Å². The highest BCUT2D eigenvalue weighted by Gasteiger charge is 2.57. The SMILES string of the molecule is CCCCC#C[C@@]1(C)O[C@@H]1C(=O)OCC. The molecule has 0 spiro atoms. The quantitative estimate of drug-likeness (QED) is 0.308. The summed E-state index contributed by atoms with van der Waals surface area (Å²) in [6, 6.07) is 0. The first-order valence-corrected chi connectivity index (χ1v) is 5.48. The van der Waals surface area contributed by atoms with Crippen LogP contribution < -0.4 is 0 Å². The van der Waals surface area contributed by atoms with E-state index < -0.39 is 11.7 Å². The van der Waals surface area contributed by atoms with E-state index in [4.69, 9.17) is 9.47 Å². The second kappa shape index (κ2) is 5.18. The molecule has 1 rings (SSSR count). The van der Waals surface area contributed by atoms with Gasteiger partial charge in [0.15, 0.2) is 11.7 Å². The Labute approximate surface area is 91.1 Å². The van der Waals surface area contributed by atoms with E-state index in [2.05, 4.69) is 18.8 Å². The average molecular weight is 210 g/mol. The molecule has 0 aliphatic carbocycles. The van der Waals surface area contributed by atoms with Gasteiger partial charge in [0.25, 0.3) is 0 Å². The van der Waals surface area contributed by atoms with Gasteiger partial charge in [0.1, 0.15) is 0 Å². The second-order valence-electron chi connectivity index (χ2n) is 3.76. The standard InChI is InChI=1S/C12H18O3/c1-4-6-7-8-9-12(3)10(15-12)11(13)14-5-2/h10H,4-7H2,1-3H3/t10-,12-/m1/s1. The van der Waals surface area contributed by atoms with Crippen LogP contribution in [0, 0.1) is 11.8 Å². The zero-order valence-corrected chi connectivity index (χ0v) is 9.63. The Morgan fingerprint density at radius 3 is 2.87 bits per heavy atom. The van der Waals surface area contributed by atoms with Crippen LogP contribution in [0.3, 0.4) is 0 Å². The van der Waals surface area contributed by atoms with Crippen molar-refractivity contribution < 1.29 is 14.3 Å². The molecule has 1 aliphatic heterocycles. The van der Waals surface area contributed by atoms with Crippen LogP contribution in [0.2, 0.25) is 0 Å². The lowest BCUT2D eigenvalue weighted by Crippen LogP contribution is -2.18. The molecular weight excluding hydrogens is 192 g/mol. The van der Waals surface area contributed by atoms with Crippen molar-refractivity contribution in [1.29, 1.82) is 0 Å². The number of unbranched alkanes of at least 4 members (excludes halogenated alkanes) is 2. The summed E-state index contributed by atoms with van der Waals surface area (Å²) >= 11 is 0. The van der Waals surface area contributed by atoms with E-state index in [0.717, 1.165) is 19.3 Å². The van der Waals surface area contributed by atoms with Gasteiger partial charge in [0, 0.05) is 6.42 Å². The maximum atomic E-state index is 11.3. The molecule has 0 aromatic rings. The van der Waals surface area contributed by atoms with Crippen LogP contribution in [0.5, 0.6) is 0 Å². The molecule has 84 valence electrons. The fourth-order valence-electron chi connectivity index (χ4n) is 1.30. The summed E-state index contributed by atoms with van der Waals surface area (Å²) < 4.78 is 10.1. The van der Waals surface area contributed by atoms with Crippen LogP contribution in [0.15, 0.2) is 0 Å². The Kier molecular flexibility index (Phi) is 4.16. The maximum absolute atomic E-state index is 11.3. The molecule has 0 unspecified atom stereocenters. The number of carbonyl (C=O) groups is 1. The second-order valence-corrected chi connectivity index (χ2v) is 3.76. The topological polar surface area (TPSA) is 38.8 Å². The van der Waals surface area contributed by atoms with Gasteiger partial charge in [-0.25, -0.2) is 4.79 Å². The molecule has 1 saturated heterocycles. The molecule has 1 fully saturated rings.